The molecule has 4 unspecified atom stereocenters. The molecule has 2 saturated heterocycles. The highest BCUT2D eigenvalue weighted by atomic mass is 32.2. The fourth-order valence-electron chi connectivity index (χ4n) is 5.24. The third kappa shape index (κ3) is 4.21. The van der Waals surface area contributed by atoms with Crippen LogP contribution in [-0.2, 0) is 14.9 Å². The van der Waals surface area contributed by atoms with Crippen molar-refractivity contribution >= 4 is 27.8 Å². The minimum atomic E-state index is -4.48. The second-order valence-corrected chi connectivity index (χ2v) is 11.9. The van der Waals surface area contributed by atoms with Crippen molar-refractivity contribution in [3.05, 3.63) is 29.6 Å². The number of benzene rings is 1. The molecular formula is C21H26FO6S2-. The van der Waals surface area contributed by atoms with E-state index in [0.29, 0.717) is 22.3 Å². The molecule has 1 saturated carbocycles. The molecule has 1 aromatic rings. The largest absolute Gasteiger partial charge is 0.748 e. The maximum Gasteiger partial charge on any atom is 0.338 e. The number of fused-ring (bicyclic) bond motifs is 5. The Balaban J connectivity index is 1.50. The Morgan fingerprint density at radius 2 is 1.90 bits per heavy atom. The lowest BCUT2D eigenvalue weighted by molar-refractivity contribution is 0.0186. The molecule has 0 amide bonds. The molecule has 0 spiro atoms. The second-order valence-electron chi connectivity index (χ2n) is 8.89. The first-order valence-corrected chi connectivity index (χ1v) is 12.8. The minimum Gasteiger partial charge on any atom is -0.748 e. The maximum absolute atomic E-state index is 14.6. The van der Waals surface area contributed by atoms with Crippen LogP contribution in [0.25, 0.3) is 0 Å². The highest BCUT2D eigenvalue weighted by Crippen LogP contribution is 2.63. The first kappa shape index (κ1) is 21.9. The molecule has 3 aliphatic rings. The fourth-order valence-corrected chi connectivity index (χ4v) is 7.52. The molecule has 30 heavy (non-hydrogen) atoms. The van der Waals surface area contributed by atoms with Crippen LogP contribution in [0.5, 0.6) is 5.75 Å². The van der Waals surface area contributed by atoms with E-state index in [1.54, 1.807) is 0 Å². The molecule has 4 atom stereocenters. The summed E-state index contributed by atoms with van der Waals surface area (Å²) in [6.07, 6.45) is 4.27. The SMILES string of the molecule is CC(C)C1(Oc2cc(C(=O)OCCS(=O)(=O)[O-])ccc2F)CC2C3CCC(S3)C2C1. The van der Waals surface area contributed by atoms with Crippen molar-refractivity contribution in [2.45, 2.75) is 55.6 Å². The van der Waals surface area contributed by atoms with Crippen LogP contribution in [0.3, 0.4) is 0 Å². The summed E-state index contributed by atoms with van der Waals surface area (Å²) < 4.78 is 57.7. The molecule has 1 aromatic carbocycles. The van der Waals surface area contributed by atoms with Crippen LogP contribution >= 0.6 is 11.8 Å². The number of rotatable bonds is 7. The Hall–Kier alpha value is -1.32. The van der Waals surface area contributed by atoms with E-state index in [-0.39, 0.29) is 17.2 Å². The molecule has 0 aromatic heterocycles. The topological polar surface area (TPSA) is 92.7 Å². The van der Waals surface area contributed by atoms with Crippen LogP contribution in [0.15, 0.2) is 18.2 Å². The number of carbonyl (C=O) groups is 1. The van der Waals surface area contributed by atoms with Gasteiger partial charge in [-0.05, 0) is 61.6 Å². The first-order chi connectivity index (χ1) is 14.1. The van der Waals surface area contributed by atoms with Gasteiger partial charge < -0.3 is 14.0 Å². The van der Waals surface area contributed by atoms with Crippen LogP contribution in [-0.4, -0.2) is 47.4 Å². The molecule has 166 valence electrons. The number of hydrogen-bond acceptors (Lipinski definition) is 7. The van der Waals surface area contributed by atoms with Crippen LogP contribution in [0.2, 0.25) is 0 Å². The van der Waals surface area contributed by atoms with Crippen molar-refractivity contribution in [1.29, 1.82) is 0 Å². The van der Waals surface area contributed by atoms with Gasteiger partial charge >= 0.3 is 5.97 Å². The van der Waals surface area contributed by atoms with E-state index in [1.807, 2.05) is 0 Å². The summed E-state index contributed by atoms with van der Waals surface area (Å²) >= 11 is 2.11. The zero-order valence-corrected chi connectivity index (χ0v) is 18.6. The Morgan fingerprint density at radius 3 is 2.47 bits per heavy atom. The quantitative estimate of drug-likeness (QED) is 0.456. The van der Waals surface area contributed by atoms with E-state index in [0.717, 1.165) is 18.9 Å². The Bertz CT molecular complexity index is 913. The van der Waals surface area contributed by atoms with Gasteiger partial charge in [-0.15, -0.1) is 0 Å². The van der Waals surface area contributed by atoms with Crippen molar-refractivity contribution in [3.63, 3.8) is 0 Å². The van der Waals surface area contributed by atoms with Gasteiger partial charge in [-0.2, -0.15) is 11.8 Å². The summed E-state index contributed by atoms with van der Waals surface area (Å²) in [7, 11) is -4.48. The number of ether oxygens (including phenoxy) is 2. The van der Waals surface area contributed by atoms with Crippen molar-refractivity contribution in [3.8, 4) is 5.75 Å². The van der Waals surface area contributed by atoms with Crippen molar-refractivity contribution < 1.29 is 31.6 Å². The molecule has 3 fully saturated rings. The average molecular weight is 458 g/mol. The third-order valence-corrected chi connectivity index (χ3v) is 9.39. The average Bonchev–Trinajstić information content (AvgIpc) is 3.34. The maximum atomic E-state index is 14.6. The van der Waals surface area contributed by atoms with E-state index in [9.17, 15) is 22.2 Å². The van der Waals surface area contributed by atoms with Gasteiger partial charge in [-0.25, -0.2) is 17.6 Å². The van der Waals surface area contributed by atoms with E-state index in [4.69, 9.17) is 9.47 Å². The van der Waals surface area contributed by atoms with Crippen molar-refractivity contribution in [2.24, 2.45) is 17.8 Å². The predicted molar refractivity (Wildman–Crippen MR) is 110 cm³/mol. The van der Waals surface area contributed by atoms with Gasteiger partial charge in [-0.3, -0.25) is 0 Å². The number of halogens is 1. The molecule has 2 bridgehead atoms. The lowest BCUT2D eigenvalue weighted by Crippen LogP contribution is -2.40. The van der Waals surface area contributed by atoms with Crippen molar-refractivity contribution in [1.82, 2.24) is 0 Å². The molecule has 4 rings (SSSR count). The lowest BCUT2D eigenvalue weighted by Gasteiger charge is -2.36. The zero-order chi connectivity index (χ0) is 21.7. The molecular weight excluding hydrogens is 431 g/mol. The highest BCUT2D eigenvalue weighted by Gasteiger charge is 2.59. The van der Waals surface area contributed by atoms with Gasteiger partial charge in [0, 0.05) is 10.5 Å². The predicted octanol–water partition coefficient (Wildman–Crippen LogP) is 3.61. The first-order valence-electron chi connectivity index (χ1n) is 10.3. The smallest absolute Gasteiger partial charge is 0.338 e. The summed E-state index contributed by atoms with van der Waals surface area (Å²) in [5.74, 6) is -0.784. The van der Waals surface area contributed by atoms with Gasteiger partial charge in [-0.1, -0.05) is 13.8 Å². The monoisotopic (exact) mass is 457 g/mol. The van der Waals surface area contributed by atoms with E-state index in [1.165, 1.54) is 25.0 Å². The molecule has 1 aliphatic carbocycles. The lowest BCUT2D eigenvalue weighted by atomic mass is 9.82. The third-order valence-electron chi connectivity index (χ3n) is 6.85. The highest BCUT2D eigenvalue weighted by molar-refractivity contribution is 8.01. The van der Waals surface area contributed by atoms with Crippen LogP contribution < -0.4 is 4.74 Å². The number of thioether (sulfide) groups is 1. The zero-order valence-electron chi connectivity index (χ0n) is 17.0. The van der Waals surface area contributed by atoms with E-state index >= 15 is 0 Å². The van der Waals surface area contributed by atoms with Crippen LogP contribution in [0.1, 0.15) is 49.9 Å². The molecule has 9 heteroatoms. The summed E-state index contributed by atoms with van der Waals surface area (Å²) in [5.41, 5.74) is -0.417. The summed E-state index contributed by atoms with van der Waals surface area (Å²) in [5, 5.41) is 1.35. The molecule has 0 radical (unpaired) electrons. The van der Waals surface area contributed by atoms with Crippen LogP contribution in [0, 0.1) is 23.6 Å². The van der Waals surface area contributed by atoms with E-state index < -0.39 is 39.9 Å². The fraction of sp³-hybridized carbons (Fsp3) is 0.667. The van der Waals surface area contributed by atoms with Gasteiger partial charge in [0.1, 0.15) is 12.2 Å². The molecule has 0 N–H and O–H groups in total. The Labute approximate surface area is 180 Å². The number of carbonyl (C=O) groups excluding carboxylic acids is 1. The van der Waals surface area contributed by atoms with Crippen LogP contribution in [0.4, 0.5) is 4.39 Å². The Morgan fingerprint density at radius 1 is 1.27 bits per heavy atom. The molecule has 6 nitrogen and oxygen atoms in total. The van der Waals surface area contributed by atoms with Crippen molar-refractivity contribution in [2.75, 3.05) is 12.4 Å². The summed E-state index contributed by atoms with van der Waals surface area (Å²) in [4.78, 5) is 12.2. The minimum absolute atomic E-state index is 0.00886. The van der Waals surface area contributed by atoms with Gasteiger partial charge in [0.2, 0.25) is 0 Å². The van der Waals surface area contributed by atoms with E-state index in [2.05, 4.69) is 25.6 Å². The molecule has 2 heterocycles. The number of hydrogen-bond donors (Lipinski definition) is 0. The number of esters is 1. The standard InChI is InChI=1S/C21H27FO6S2/c1-12(2)21(10-14-15(11-21)19-6-5-18(14)29-19)28-17-9-13(3-4-16(17)22)20(23)27-7-8-30(24,25)26/h3-4,9,12,14-15,18-19H,5-8,10-11H2,1-2H3,(H,24,25,26)/p-1. The Kier molecular flexibility index (Phi) is 5.83. The summed E-state index contributed by atoms with van der Waals surface area (Å²) in [6.45, 7) is 3.64. The van der Waals surface area contributed by atoms with Gasteiger partial charge in [0.15, 0.2) is 11.6 Å². The van der Waals surface area contributed by atoms with Gasteiger partial charge in [0.25, 0.3) is 0 Å². The summed E-state index contributed by atoms with van der Waals surface area (Å²) in [6, 6.07) is 3.73. The van der Waals surface area contributed by atoms with Gasteiger partial charge in [0.05, 0.1) is 21.4 Å². The molecule has 2 aliphatic heterocycles. The second kappa shape index (κ2) is 7.98. The normalized spacial score (nSPS) is 32.4.